The number of hydrogen-bond acceptors (Lipinski definition) is 3. The molecule has 0 radical (unpaired) electrons. The van der Waals surface area contributed by atoms with E-state index in [1.54, 1.807) is 17.0 Å². The fraction of sp³-hybridized carbons (Fsp3) is 0.423. The second kappa shape index (κ2) is 8.82. The van der Waals surface area contributed by atoms with Crippen LogP contribution in [0.4, 0.5) is 10.5 Å². The van der Waals surface area contributed by atoms with Crippen molar-refractivity contribution in [2.24, 2.45) is 0 Å². The monoisotopic (exact) mass is 465 g/mol. The van der Waals surface area contributed by atoms with Gasteiger partial charge < -0.3 is 9.80 Å². The first-order chi connectivity index (χ1) is 16.0. The highest BCUT2D eigenvalue weighted by Gasteiger charge is 2.47. The lowest BCUT2D eigenvalue weighted by atomic mass is 9.77. The van der Waals surface area contributed by atoms with E-state index in [2.05, 4.69) is 0 Å². The third-order valence-electron chi connectivity index (χ3n) is 7.46. The molecule has 4 amide bonds. The number of halogens is 1. The van der Waals surface area contributed by atoms with Crippen LogP contribution in [0.2, 0.25) is 5.02 Å². The summed E-state index contributed by atoms with van der Waals surface area (Å²) in [5, 5.41) is 0.675. The van der Waals surface area contributed by atoms with Crippen molar-refractivity contribution in [2.75, 3.05) is 24.5 Å². The lowest BCUT2D eigenvalue weighted by Crippen LogP contribution is -2.52. The van der Waals surface area contributed by atoms with Crippen LogP contribution < -0.4 is 4.90 Å². The van der Waals surface area contributed by atoms with E-state index in [4.69, 9.17) is 11.6 Å². The molecule has 2 aromatic carbocycles. The fourth-order valence-electron chi connectivity index (χ4n) is 5.69. The minimum absolute atomic E-state index is 0.0331. The summed E-state index contributed by atoms with van der Waals surface area (Å²) < 4.78 is 0. The average Bonchev–Trinajstić information content (AvgIpc) is 3.45. The number of carbonyl (C=O) groups is 3. The molecule has 6 nitrogen and oxygen atoms in total. The Morgan fingerprint density at radius 3 is 2.18 bits per heavy atom. The van der Waals surface area contributed by atoms with Crippen LogP contribution in [-0.4, -0.2) is 53.3 Å². The number of piperidine rings is 1. The molecule has 2 heterocycles. The molecule has 2 aromatic rings. The van der Waals surface area contributed by atoms with Gasteiger partial charge in [-0.3, -0.25) is 9.59 Å². The van der Waals surface area contributed by atoms with Crippen LogP contribution >= 0.6 is 11.6 Å². The van der Waals surface area contributed by atoms with Crippen molar-refractivity contribution in [2.45, 2.75) is 50.0 Å². The highest BCUT2D eigenvalue weighted by atomic mass is 35.5. The first-order valence-electron chi connectivity index (χ1n) is 11.7. The second-order valence-electron chi connectivity index (χ2n) is 9.29. The number of rotatable bonds is 4. The van der Waals surface area contributed by atoms with E-state index in [-0.39, 0.29) is 30.4 Å². The van der Waals surface area contributed by atoms with Crippen LogP contribution in [0.3, 0.4) is 0 Å². The molecule has 1 saturated carbocycles. The molecule has 0 N–H and O–H groups in total. The predicted octanol–water partition coefficient (Wildman–Crippen LogP) is 4.61. The van der Waals surface area contributed by atoms with Crippen LogP contribution in [0.25, 0.3) is 0 Å². The molecule has 0 atom stereocenters. The number of urea groups is 1. The number of likely N-dealkylation sites (tertiary alicyclic amines) is 1. The van der Waals surface area contributed by atoms with Crippen molar-refractivity contribution in [3.63, 3.8) is 0 Å². The molecule has 0 spiro atoms. The Morgan fingerprint density at radius 1 is 0.909 bits per heavy atom. The summed E-state index contributed by atoms with van der Waals surface area (Å²) >= 11 is 6.09. The van der Waals surface area contributed by atoms with Gasteiger partial charge in [0.1, 0.15) is 6.54 Å². The van der Waals surface area contributed by atoms with Gasteiger partial charge in [-0.2, -0.15) is 0 Å². The lowest BCUT2D eigenvalue weighted by molar-refractivity contribution is -0.139. The van der Waals surface area contributed by atoms with Gasteiger partial charge in [0.05, 0.1) is 11.1 Å². The zero-order chi connectivity index (χ0) is 23.0. The number of benzene rings is 2. The molecule has 2 aliphatic heterocycles. The summed E-state index contributed by atoms with van der Waals surface area (Å²) in [4.78, 5) is 44.3. The van der Waals surface area contributed by atoms with Crippen molar-refractivity contribution < 1.29 is 14.4 Å². The van der Waals surface area contributed by atoms with E-state index in [9.17, 15) is 14.4 Å². The van der Waals surface area contributed by atoms with Crippen molar-refractivity contribution >= 4 is 35.1 Å². The van der Waals surface area contributed by atoms with E-state index in [1.807, 2.05) is 47.4 Å². The van der Waals surface area contributed by atoms with Gasteiger partial charge >= 0.3 is 6.03 Å². The normalized spacial score (nSPS) is 21.2. The molecule has 0 unspecified atom stereocenters. The van der Waals surface area contributed by atoms with Gasteiger partial charge in [-0.25, -0.2) is 9.69 Å². The summed E-state index contributed by atoms with van der Waals surface area (Å²) in [6, 6.07) is 16.5. The number of carbonyl (C=O) groups excluding carboxylic acids is 3. The minimum Gasteiger partial charge on any atom is -0.342 e. The summed E-state index contributed by atoms with van der Waals surface area (Å²) in [5.41, 5.74) is 1.19. The first-order valence-corrected chi connectivity index (χ1v) is 12.1. The molecule has 172 valence electrons. The van der Waals surface area contributed by atoms with Crippen molar-refractivity contribution in [3.05, 3.63) is 65.2 Å². The standard InChI is InChI=1S/C26H28ClN3O3/c27-20-10-8-19(9-11-20)26(14-4-5-15-26)24(32)28-16-12-21(13-17-28)29-18-23(31)30(25(29)33)22-6-2-1-3-7-22/h1-3,6-11,21H,4-5,12-18H2. The van der Waals surface area contributed by atoms with Gasteiger partial charge in [0, 0.05) is 24.2 Å². The van der Waals surface area contributed by atoms with E-state index in [0.717, 1.165) is 31.2 Å². The van der Waals surface area contributed by atoms with Gasteiger partial charge in [0.2, 0.25) is 5.91 Å². The quantitative estimate of drug-likeness (QED) is 0.619. The van der Waals surface area contributed by atoms with Gasteiger partial charge in [-0.05, 0) is 55.5 Å². The topological polar surface area (TPSA) is 60.9 Å². The van der Waals surface area contributed by atoms with Crippen molar-refractivity contribution in [1.82, 2.24) is 9.80 Å². The van der Waals surface area contributed by atoms with Crippen LogP contribution in [-0.2, 0) is 15.0 Å². The van der Waals surface area contributed by atoms with E-state index in [0.29, 0.717) is 36.6 Å². The maximum Gasteiger partial charge on any atom is 0.332 e. The largest absolute Gasteiger partial charge is 0.342 e. The highest BCUT2D eigenvalue weighted by molar-refractivity contribution is 6.30. The SMILES string of the molecule is O=C1CN(C2CCN(C(=O)C3(c4ccc(Cl)cc4)CCCC3)CC2)C(=O)N1c1ccccc1. The maximum absolute atomic E-state index is 13.7. The smallest absolute Gasteiger partial charge is 0.332 e. The third-order valence-corrected chi connectivity index (χ3v) is 7.71. The Morgan fingerprint density at radius 2 is 1.55 bits per heavy atom. The Bertz CT molecular complexity index is 1040. The van der Waals surface area contributed by atoms with Crippen LogP contribution in [0, 0.1) is 0 Å². The van der Waals surface area contributed by atoms with Gasteiger partial charge in [-0.1, -0.05) is 54.8 Å². The highest BCUT2D eigenvalue weighted by Crippen LogP contribution is 2.43. The Balaban J connectivity index is 1.27. The molecule has 1 aliphatic carbocycles. The summed E-state index contributed by atoms with van der Waals surface area (Å²) in [6.07, 6.45) is 5.18. The summed E-state index contributed by atoms with van der Waals surface area (Å²) in [6.45, 7) is 1.30. The predicted molar refractivity (Wildman–Crippen MR) is 127 cm³/mol. The van der Waals surface area contributed by atoms with Crippen molar-refractivity contribution in [3.8, 4) is 0 Å². The minimum atomic E-state index is -0.471. The second-order valence-corrected chi connectivity index (χ2v) is 9.73. The van der Waals surface area contributed by atoms with Gasteiger partial charge in [0.15, 0.2) is 0 Å². The van der Waals surface area contributed by atoms with Crippen LogP contribution in [0.1, 0.15) is 44.1 Å². The van der Waals surface area contributed by atoms with Crippen molar-refractivity contribution in [1.29, 1.82) is 0 Å². The molecule has 3 fully saturated rings. The van der Waals surface area contributed by atoms with E-state index < -0.39 is 5.41 Å². The molecule has 3 aliphatic rings. The number of nitrogens with zero attached hydrogens (tertiary/aromatic N) is 3. The first kappa shape index (κ1) is 22.0. The number of amides is 4. The Labute approximate surface area is 199 Å². The number of imide groups is 1. The fourth-order valence-corrected chi connectivity index (χ4v) is 5.82. The summed E-state index contributed by atoms with van der Waals surface area (Å²) in [5.74, 6) is -0.00661. The van der Waals surface area contributed by atoms with Gasteiger partial charge in [0.25, 0.3) is 5.91 Å². The lowest BCUT2D eigenvalue weighted by Gasteiger charge is -2.40. The molecule has 5 rings (SSSR count). The zero-order valence-corrected chi connectivity index (χ0v) is 19.3. The Kier molecular flexibility index (Phi) is 5.87. The Hall–Kier alpha value is -2.86. The zero-order valence-electron chi connectivity index (χ0n) is 18.6. The van der Waals surface area contributed by atoms with E-state index in [1.165, 1.54) is 4.90 Å². The maximum atomic E-state index is 13.7. The third kappa shape index (κ3) is 3.90. The molecular formula is C26H28ClN3O3. The molecule has 0 aromatic heterocycles. The number of hydrogen-bond donors (Lipinski definition) is 0. The van der Waals surface area contributed by atoms with E-state index >= 15 is 0 Å². The van der Waals surface area contributed by atoms with Crippen LogP contribution in [0.15, 0.2) is 54.6 Å². The molecular weight excluding hydrogens is 438 g/mol. The molecule has 33 heavy (non-hydrogen) atoms. The number of para-hydroxylation sites is 1. The van der Waals surface area contributed by atoms with Gasteiger partial charge in [-0.15, -0.1) is 0 Å². The average molecular weight is 466 g/mol. The molecule has 0 bridgehead atoms. The van der Waals surface area contributed by atoms with Crippen LogP contribution in [0.5, 0.6) is 0 Å². The molecule has 2 saturated heterocycles. The summed E-state index contributed by atoms with van der Waals surface area (Å²) in [7, 11) is 0. The number of anilines is 1. The molecule has 7 heteroatoms.